The molecule has 1 amide bonds. The molecule has 1 aliphatic heterocycles. The van der Waals surface area contributed by atoms with Gasteiger partial charge in [0.05, 0.1) is 12.6 Å². The molecule has 0 aliphatic carbocycles. The van der Waals surface area contributed by atoms with Crippen molar-refractivity contribution < 1.29 is 9.53 Å². The second-order valence-electron chi connectivity index (χ2n) is 4.32. The predicted octanol–water partition coefficient (Wildman–Crippen LogP) is 0.609. The molecular weight excluding hydrogens is 192 g/mol. The Hall–Kier alpha value is -0.610. The standard InChI is InChI=1S/C11H22N2O2/c1-3-10(12)11(14)13(2)7-9-5-4-6-15-8-9/h9-10H,3-8,12H2,1-2H3/t9?,10-/m1/s1. The topological polar surface area (TPSA) is 55.6 Å². The molecule has 1 unspecified atom stereocenters. The second-order valence-corrected chi connectivity index (χ2v) is 4.32. The van der Waals surface area contributed by atoms with Crippen LogP contribution >= 0.6 is 0 Å². The van der Waals surface area contributed by atoms with Crippen LogP contribution in [0.5, 0.6) is 0 Å². The molecule has 0 spiro atoms. The van der Waals surface area contributed by atoms with Gasteiger partial charge < -0.3 is 15.4 Å². The van der Waals surface area contributed by atoms with Crippen LogP contribution in [-0.2, 0) is 9.53 Å². The van der Waals surface area contributed by atoms with E-state index in [9.17, 15) is 4.79 Å². The molecule has 4 heteroatoms. The molecule has 0 bridgehead atoms. The summed E-state index contributed by atoms with van der Waals surface area (Å²) in [5.41, 5.74) is 5.70. The number of hydrogen-bond acceptors (Lipinski definition) is 3. The van der Waals surface area contributed by atoms with Crippen molar-refractivity contribution in [3.05, 3.63) is 0 Å². The number of nitrogens with two attached hydrogens (primary N) is 1. The molecule has 2 N–H and O–H groups in total. The highest BCUT2D eigenvalue weighted by molar-refractivity contribution is 5.81. The molecule has 0 saturated carbocycles. The van der Waals surface area contributed by atoms with Crippen molar-refractivity contribution in [3.63, 3.8) is 0 Å². The number of rotatable bonds is 4. The molecule has 1 rings (SSSR count). The van der Waals surface area contributed by atoms with Crippen molar-refractivity contribution >= 4 is 5.91 Å². The smallest absolute Gasteiger partial charge is 0.239 e. The quantitative estimate of drug-likeness (QED) is 0.746. The summed E-state index contributed by atoms with van der Waals surface area (Å²) in [6, 6.07) is -0.348. The lowest BCUT2D eigenvalue weighted by atomic mass is 10.0. The summed E-state index contributed by atoms with van der Waals surface area (Å²) in [7, 11) is 1.83. The van der Waals surface area contributed by atoms with Crippen molar-refractivity contribution in [2.75, 3.05) is 26.8 Å². The molecule has 88 valence electrons. The van der Waals surface area contributed by atoms with Gasteiger partial charge in [0.15, 0.2) is 0 Å². The lowest BCUT2D eigenvalue weighted by Crippen LogP contribution is -2.44. The molecule has 15 heavy (non-hydrogen) atoms. The molecule has 0 radical (unpaired) electrons. The van der Waals surface area contributed by atoms with Crippen LogP contribution in [0.4, 0.5) is 0 Å². The molecule has 0 aromatic carbocycles. The maximum absolute atomic E-state index is 11.7. The minimum atomic E-state index is -0.348. The van der Waals surface area contributed by atoms with Gasteiger partial charge >= 0.3 is 0 Å². The normalized spacial score (nSPS) is 23.5. The summed E-state index contributed by atoms with van der Waals surface area (Å²) in [4.78, 5) is 13.5. The molecule has 0 aromatic rings. The number of likely N-dealkylation sites (N-methyl/N-ethyl adjacent to an activating group) is 1. The van der Waals surface area contributed by atoms with Gasteiger partial charge in [0.1, 0.15) is 0 Å². The summed E-state index contributed by atoms with van der Waals surface area (Å²) in [6.07, 6.45) is 2.95. The van der Waals surface area contributed by atoms with Crippen LogP contribution in [0.15, 0.2) is 0 Å². The minimum absolute atomic E-state index is 0.0445. The molecular formula is C11H22N2O2. The highest BCUT2D eigenvalue weighted by Crippen LogP contribution is 2.14. The van der Waals surface area contributed by atoms with E-state index < -0.39 is 0 Å². The third kappa shape index (κ3) is 3.80. The zero-order valence-corrected chi connectivity index (χ0v) is 9.74. The molecule has 1 aliphatic rings. The fourth-order valence-electron chi connectivity index (χ4n) is 1.89. The fourth-order valence-corrected chi connectivity index (χ4v) is 1.89. The van der Waals surface area contributed by atoms with E-state index in [0.717, 1.165) is 32.6 Å². The average Bonchev–Trinajstić information content (AvgIpc) is 2.28. The van der Waals surface area contributed by atoms with Crippen molar-refractivity contribution in [1.29, 1.82) is 0 Å². The van der Waals surface area contributed by atoms with Gasteiger partial charge in [-0.25, -0.2) is 0 Å². The third-order valence-corrected chi connectivity index (χ3v) is 2.92. The van der Waals surface area contributed by atoms with Crippen molar-refractivity contribution in [1.82, 2.24) is 4.90 Å². The molecule has 1 saturated heterocycles. The van der Waals surface area contributed by atoms with Gasteiger partial charge in [0.2, 0.25) is 5.91 Å². The van der Waals surface area contributed by atoms with Crippen LogP contribution in [0.1, 0.15) is 26.2 Å². The Morgan fingerprint density at radius 3 is 2.93 bits per heavy atom. The zero-order chi connectivity index (χ0) is 11.3. The van der Waals surface area contributed by atoms with E-state index in [2.05, 4.69) is 0 Å². The van der Waals surface area contributed by atoms with Gasteiger partial charge in [-0.15, -0.1) is 0 Å². The number of nitrogens with zero attached hydrogens (tertiary/aromatic N) is 1. The van der Waals surface area contributed by atoms with E-state index in [1.165, 1.54) is 0 Å². The van der Waals surface area contributed by atoms with E-state index in [0.29, 0.717) is 12.3 Å². The van der Waals surface area contributed by atoms with E-state index in [1.807, 2.05) is 14.0 Å². The Morgan fingerprint density at radius 2 is 2.40 bits per heavy atom. The molecule has 1 fully saturated rings. The summed E-state index contributed by atoms with van der Waals surface area (Å²) in [5.74, 6) is 0.528. The second kappa shape index (κ2) is 6.08. The fraction of sp³-hybridized carbons (Fsp3) is 0.909. The number of carbonyl (C=O) groups excluding carboxylic acids is 1. The van der Waals surface area contributed by atoms with E-state index in [4.69, 9.17) is 10.5 Å². The first kappa shape index (κ1) is 12.5. The number of amides is 1. The van der Waals surface area contributed by atoms with E-state index >= 15 is 0 Å². The van der Waals surface area contributed by atoms with Gasteiger partial charge in [-0.05, 0) is 25.2 Å². The molecule has 1 heterocycles. The summed E-state index contributed by atoms with van der Waals surface area (Å²) < 4.78 is 5.38. The Kier molecular flexibility index (Phi) is 5.05. The summed E-state index contributed by atoms with van der Waals surface area (Å²) >= 11 is 0. The minimum Gasteiger partial charge on any atom is -0.381 e. The van der Waals surface area contributed by atoms with E-state index in [1.54, 1.807) is 4.90 Å². The third-order valence-electron chi connectivity index (χ3n) is 2.92. The van der Waals surface area contributed by atoms with Crippen molar-refractivity contribution in [2.24, 2.45) is 11.7 Å². The first-order chi connectivity index (χ1) is 7.15. The number of hydrogen-bond donors (Lipinski definition) is 1. The Morgan fingerprint density at radius 1 is 1.67 bits per heavy atom. The van der Waals surface area contributed by atoms with Gasteiger partial charge in [0.25, 0.3) is 0 Å². The highest BCUT2D eigenvalue weighted by Gasteiger charge is 2.21. The van der Waals surface area contributed by atoms with Crippen LogP contribution < -0.4 is 5.73 Å². The first-order valence-corrected chi connectivity index (χ1v) is 5.73. The summed E-state index contributed by atoms with van der Waals surface area (Å²) in [6.45, 7) is 4.34. The maximum atomic E-state index is 11.7. The van der Waals surface area contributed by atoms with Crippen LogP contribution in [0.25, 0.3) is 0 Å². The van der Waals surface area contributed by atoms with E-state index in [-0.39, 0.29) is 11.9 Å². The number of ether oxygens (including phenoxy) is 1. The maximum Gasteiger partial charge on any atom is 0.239 e. The molecule has 2 atom stereocenters. The van der Waals surface area contributed by atoms with Crippen LogP contribution in [-0.4, -0.2) is 43.7 Å². The predicted molar refractivity (Wildman–Crippen MR) is 59.4 cm³/mol. The van der Waals surface area contributed by atoms with Gasteiger partial charge in [-0.3, -0.25) is 4.79 Å². The first-order valence-electron chi connectivity index (χ1n) is 5.73. The molecule has 0 aromatic heterocycles. The lowest BCUT2D eigenvalue weighted by molar-refractivity contribution is -0.132. The number of carbonyl (C=O) groups is 1. The average molecular weight is 214 g/mol. The zero-order valence-electron chi connectivity index (χ0n) is 9.74. The van der Waals surface area contributed by atoms with Crippen LogP contribution in [0.3, 0.4) is 0 Å². The Bertz CT molecular complexity index is 203. The Labute approximate surface area is 91.8 Å². The summed E-state index contributed by atoms with van der Waals surface area (Å²) in [5, 5.41) is 0. The molecule has 4 nitrogen and oxygen atoms in total. The van der Waals surface area contributed by atoms with Gasteiger partial charge in [-0.1, -0.05) is 6.92 Å². The Balaban J connectivity index is 2.33. The van der Waals surface area contributed by atoms with Crippen LogP contribution in [0, 0.1) is 5.92 Å². The monoisotopic (exact) mass is 214 g/mol. The van der Waals surface area contributed by atoms with Crippen molar-refractivity contribution in [3.8, 4) is 0 Å². The van der Waals surface area contributed by atoms with Crippen molar-refractivity contribution in [2.45, 2.75) is 32.2 Å². The van der Waals surface area contributed by atoms with Crippen LogP contribution in [0.2, 0.25) is 0 Å². The largest absolute Gasteiger partial charge is 0.381 e. The van der Waals surface area contributed by atoms with Gasteiger partial charge in [0, 0.05) is 20.2 Å². The highest BCUT2D eigenvalue weighted by atomic mass is 16.5. The van der Waals surface area contributed by atoms with Gasteiger partial charge in [-0.2, -0.15) is 0 Å². The lowest BCUT2D eigenvalue weighted by Gasteiger charge is -2.28. The SMILES string of the molecule is CC[C@@H](N)C(=O)N(C)CC1CCCOC1.